The summed E-state index contributed by atoms with van der Waals surface area (Å²) in [7, 11) is 0. The molecule has 5 heteroatoms. The summed E-state index contributed by atoms with van der Waals surface area (Å²) in [6, 6.07) is 2.81. The van der Waals surface area contributed by atoms with Gasteiger partial charge in [-0.1, -0.05) is 0 Å². The lowest BCUT2D eigenvalue weighted by atomic mass is 10.4. The van der Waals surface area contributed by atoms with Crippen LogP contribution in [0.1, 0.15) is 6.92 Å². The Kier molecular flexibility index (Phi) is 4.12. The first-order valence-corrected chi connectivity index (χ1v) is 5.32. The number of rotatable bonds is 3. The number of hydrogen-bond acceptors (Lipinski definition) is 3. The minimum Gasteiger partial charge on any atom is -0.451 e. The van der Waals surface area contributed by atoms with Gasteiger partial charge in [0, 0.05) is 24.5 Å². The molecule has 0 radical (unpaired) electrons. The molecule has 0 aromatic carbocycles. The molecule has 0 aliphatic heterocycles. The summed E-state index contributed by atoms with van der Waals surface area (Å²) in [4.78, 5) is 21.9. The van der Waals surface area contributed by atoms with E-state index in [0.717, 1.165) is 0 Å². The fourth-order valence-corrected chi connectivity index (χ4v) is 1.20. The topological polar surface area (TPSA) is 48.3 Å². The highest BCUT2D eigenvalue weighted by Crippen LogP contribution is 2.01. The zero-order valence-corrected chi connectivity index (χ0v) is 9.80. The van der Waals surface area contributed by atoms with Crippen LogP contribution in [0.4, 0.5) is 0 Å². The van der Waals surface area contributed by atoms with Crippen LogP contribution in [0.15, 0.2) is 29.3 Å². The van der Waals surface area contributed by atoms with Crippen LogP contribution in [0.3, 0.4) is 0 Å². The number of hydrogen-bond donors (Lipinski definition) is 0. The summed E-state index contributed by atoms with van der Waals surface area (Å²) in [5.41, 5.74) is -0.0723. The standard InChI is InChI=1S/C9H10INO3/c1-7(10)14-9(13)6-11-4-2-8(12)3-5-11/h2-5,7H,6H2,1H3/t7-/m1/s1. The van der Waals surface area contributed by atoms with Crippen LogP contribution in [0, 0.1) is 0 Å². The van der Waals surface area contributed by atoms with Gasteiger partial charge in [0.2, 0.25) is 0 Å². The number of pyridine rings is 1. The molecule has 1 aromatic rings. The van der Waals surface area contributed by atoms with Crippen LogP contribution in [0.25, 0.3) is 0 Å². The van der Waals surface area contributed by atoms with Gasteiger partial charge in [-0.15, -0.1) is 0 Å². The lowest BCUT2D eigenvalue weighted by Crippen LogP contribution is -2.16. The molecule has 1 heterocycles. The van der Waals surface area contributed by atoms with Gasteiger partial charge in [-0.25, -0.2) is 0 Å². The van der Waals surface area contributed by atoms with E-state index in [4.69, 9.17) is 4.74 Å². The summed E-state index contributed by atoms with van der Waals surface area (Å²) >= 11 is 2.00. The van der Waals surface area contributed by atoms with Crippen molar-refractivity contribution in [2.24, 2.45) is 0 Å². The van der Waals surface area contributed by atoms with Crippen LogP contribution >= 0.6 is 22.6 Å². The number of aromatic nitrogens is 1. The lowest BCUT2D eigenvalue weighted by molar-refractivity contribution is -0.144. The number of carbonyl (C=O) groups is 1. The van der Waals surface area contributed by atoms with Crippen molar-refractivity contribution in [2.45, 2.75) is 17.6 Å². The van der Waals surface area contributed by atoms with E-state index in [9.17, 15) is 9.59 Å². The minimum absolute atomic E-state index is 0.0723. The molecule has 0 amide bonds. The van der Waals surface area contributed by atoms with Crippen LogP contribution in [-0.4, -0.2) is 14.6 Å². The Morgan fingerprint density at radius 1 is 1.57 bits per heavy atom. The van der Waals surface area contributed by atoms with Gasteiger partial charge in [0.05, 0.1) is 0 Å². The first-order chi connectivity index (χ1) is 6.58. The van der Waals surface area contributed by atoms with E-state index in [1.54, 1.807) is 23.9 Å². The fourth-order valence-electron chi connectivity index (χ4n) is 0.917. The summed E-state index contributed by atoms with van der Waals surface area (Å²) < 4.78 is 6.39. The fraction of sp³-hybridized carbons (Fsp3) is 0.333. The number of esters is 1. The Labute approximate surface area is 95.0 Å². The van der Waals surface area contributed by atoms with Crippen molar-refractivity contribution in [3.63, 3.8) is 0 Å². The van der Waals surface area contributed by atoms with Gasteiger partial charge in [0.1, 0.15) is 10.7 Å². The molecule has 0 bridgehead atoms. The molecule has 0 unspecified atom stereocenters. The molecule has 4 nitrogen and oxygen atoms in total. The smallest absolute Gasteiger partial charge is 0.326 e. The third kappa shape index (κ3) is 3.91. The van der Waals surface area contributed by atoms with Crippen molar-refractivity contribution < 1.29 is 9.53 Å². The first-order valence-electron chi connectivity index (χ1n) is 4.07. The molecule has 0 aliphatic carbocycles. The van der Waals surface area contributed by atoms with Crippen molar-refractivity contribution >= 4 is 28.6 Å². The van der Waals surface area contributed by atoms with E-state index in [1.165, 1.54) is 12.1 Å². The molecule has 0 saturated carbocycles. The van der Waals surface area contributed by atoms with Crippen molar-refractivity contribution in [1.82, 2.24) is 4.57 Å². The maximum Gasteiger partial charge on any atom is 0.326 e. The van der Waals surface area contributed by atoms with E-state index in [1.807, 2.05) is 22.6 Å². The van der Waals surface area contributed by atoms with Crippen LogP contribution < -0.4 is 5.43 Å². The van der Waals surface area contributed by atoms with Gasteiger partial charge in [0.25, 0.3) is 0 Å². The highest BCUT2D eigenvalue weighted by molar-refractivity contribution is 14.1. The van der Waals surface area contributed by atoms with Crippen LogP contribution in [0.5, 0.6) is 0 Å². The van der Waals surface area contributed by atoms with Crippen molar-refractivity contribution in [3.8, 4) is 0 Å². The van der Waals surface area contributed by atoms with E-state index >= 15 is 0 Å². The number of nitrogens with zero attached hydrogens (tertiary/aromatic N) is 1. The average Bonchev–Trinajstić information content (AvgIpc) is 2.07. The molecule has 0 saturated heterocycles. The average molecular weight is 307 g/mol. The highest BCUT2D eigenvalue weighted by atomic mass is 127. The van der Waals surface area contributed by atoms with Gasteiger partial charge in [0.15, 0.2) is 5.43 Å². The zero-order chi connectivity index (χ0) is 10.6. The SMILES string of the molecule is C[C@H](I)OC(=O)Cn1ccc(=O)cc1. The van der Waals surface area contributed by atoms with E-state index < -0.39 is 0 Å². The third-order valence-electron chi connectivity index (χ3n) is 1.47. The summed E-state index contributed by atoms with van der Waals surface area (Å²) in [6.45, 7) is 1.91. The Morgan fingerprint density at radius 2 is 2.14 bits per heavy atom. The Hall–Kier alpha value is -0.850. The van der Waals surface area contributed by atoms with Crippen molar-refractivity contribution in [2.75, 3.05) is 0 Å². The van der Waals surface area contributed by atoms with Gasteiger partial charge < -0.3 is 9.30 Å². The number of carbonyl (C=O) groups excluding carboxylic acids is 1. The van der Waals surface area contributed by atoms with E-state index in [0.29, 0.717) is 0 Å². The molecule has 76 valence electrons. The molecule has 0 aliphatic rings. The Morgan fingerprint density at radius 3 is 2.64 bits per heavy atom. The molecule has 1 aromatic heterocycles. The summed E-state index contributed by atoms with van der Waals surface area (Å²) in [5, 5.41) is 0. The molecule has 0 spiro atoms. The molecule has 1 atom stereocenters. The number of alkyl halides is 1. The van der Waals surface area contributed by atoms with Gasteiger partial charge in [-0.2, -0.15) is 0 Å². The lowest BCUT2D eigenvalue weighted by Gasteiger charge is -2.07. The quantitative estimate of drug-likeness (QED) is 0.478. The molecule has 0 fully saturated rings. The first kappa shape index (κ1) is 11.2. The zero-order valence-electron chi connectivity index (χ0n) is 7.64. The Bertz CT molecular complexity index is 352. The number of halogens is 1. The summed E-state index contributed by atoms with van der Waals surface area (Å²) in [6.07, 6.45) is 3.11. The van der Waals surface area contributed by atoms with Gasteiger partial charge in [-0.05, 0) is 29.5 Å². The van der Waals surface area contributed by atoms with Crippen LogP contribution in [0.2, 0.25) is 0 Å². The monoisotopic (exact) mass is 307 g/mol. The van der Waals surface area contributed by atoms with E-state index in [-0.39, 0.29) is 22.1 Å². The second-order valence-electron chi connectivity index (χ2n) is 2.74. The molecule has 0 N–H and O–H groups in total. The normalized spacial score (nSPS) is 12.1. The van der Waals surface area contributed by atoms with Crippen molar-refractivity contribution in [1.29, 1.82) is 0 Å². The highest BCUT2D eigenvalue weighted by Gasteiger charge is 2.05. The second-order valence-corrected chi connectivity index (χ2v) is 4.49. The van der Waals surface area contributed by atoms with E-state index in [2.05, 4.69) is 0 Å². The number of ether oxygens (including phenoxy) is 1. The van der Waals surface area contributed by atoms with Gasteiger partial charge in [-0.3, -0.25) is 9.59 Å². The maximum absolute atomic E-state index is 11.2. The molecule has 14 heavy (non-hydrogen) atoms. The Balaban J connectivity index is 2.56. The van der Waals surface area contributed by atoms with Crippen molar-refractivity contribution in [3.05, 3.63) is 34.7 Å². The maximum atomic E-state index is 11.2. The third-order valence-corrected chi connectivity index (χ3v) is 1.72. The molecular formula is C9H10INO3. The molecular weight excluding hydrogens is 297 g/mol. The predicted octanol–water partition coefficient (Wildman–Crippen LogP) is 1.17. The molecule has 1 rings (SSSR count). The van der Waals surface area contributed by atoms with Gasteiger partial charge >= 0.3 is 5.97 Å². The predicted molar refractivity (Wildman–Crippen MR) is 60.3 cm³/mol. The summed E-state index contributed by atoms with van der Waals surface area (Å²) in [5.74, 6) is -0.310. The second kappa shape index (κ2) is 5.14. The van der Waals surface area contributed by atoms with Crippen LogP contribution in [-0.2, 0) is 16.1 Å². The minimum atomic E-state index is -0.310. The largest absolute Gasteiger partial charge is 0.451 e.